The number of rotatable bonds is 1. The number of amides is 1. The zero-order valence-electron chi connectivity index (χ0n) is 11.5. The van der Waals surface area contributed by atoms with Crippen LogP contribution in [-0.2, 0) is 4.79 Å². The van der Waals surface area contributed by atoms with Crippen LogP contribution in [0, 0.1) is 10.8 Å². The highest BCUT2D eigenvalue weighted by molar-refractivity contribution is 5.74. The maximum absolute atomic E-state index is 11.1. The molecule has 1 aliphatic heterocycles. The van der Waals surface area contributed by atoms with Gasteiger partial charge >= 0.3 is 0 Å². The van der Waals surface area contributed by atoms with Crippen molar-refractivity contribution in [1.29, 1.82) is 0 Å². The van der Waals surface area contributed by atoms with Gasteiger partial charge in [-0.1, -0.05) is 41.5 Å². The van der Waals surface area contributed by atoms with E-state index in [-0.39, 0.29) is 5.91 Å². The van der Waals surface area contributed by atoms with Gasteiger partial charge in [-0.3, -0.25) is 4.79 Å². The van der Waals surface area contributed by atoms with Gasteiger partial charge < -0.3 is 4.90 Å². The number of hydrogen-bond donors (Lipinski definition) is 0. The lowest BCUT2D eigenvalue weighted by molar-refractivity contribution is -0.150. The van der Waals surface area contributed by atoms with Gasteiger partial charge in [0.25, 0.3) is 0 Å². The molecular formula is C13H27NO. The van der Waals surface area contributed by atoms with Crippen LogP contribution in [0.15, 0.2) is 0 Å². The minimum absolute atomic E-state index is 0.216. The quantitative estimate of drug-likeness (QED) is 0.654. The number of likely N-dealkylation sites (tertiary alicyclic amines) is 1. The molecule has 15 heavy (non-hydrogen) atoms. The van der Waals surface area contributed by atoms with Gasteiger partial charge in [0, 0.05) is 25.4 Å². The van der Waals surface area contributed by atoms with Crippen LogP contribution in [0.25, 0.3) is 0 Å². The zero-order chi connectivity index (χ0) is 12.3. The van der Waals surface area contributed by atoms with Crippen molar-refractivity contribution in [2.24, 2.45) is 10.8 Å². The molecule has 1 heterocycles. The Morgan fingerprint density at radius 1 is 1.27 bits per heavy atom. The number of nitrogens with zero attached hydrogens (tertiary/aromatic N) is 1. The van der Waals surface area contributed by atoms with Gasteiger partial charge in [0.2, 0.25) is 5.91 Å². The first-order valence-electron chi connectivity index (χ1n) is 6.08. The topological polar surface area (TPSA) is 20.3 Å². The van der Waals surface area contributed by atoms with E-state index >= 15 is 0 Å². The molecule has 1 rings (SSSR count). The summed E-state index contributed by atoms with van der Waals surface area (Å²) in [5.41, 5.74) is 0.673. The first-order valence-corrected chi connectivity index (χ1v) is 6.08. The standard InChI is InChI=1S/C11H21NO.C2H6/c1-6-11(10(3,4)5)7-12(8-11)9(2)13;1-2/h6-8H2,1-5H3;1-2H3. The monoisotopic (exact) mass is 213 g/mol. The molecule has 90 valence electrons. The maximum atomic E-state index is 11.1. The number of carbonyl (C=O) groups excluding carboxylic acids is 1. The van der Waals surface area contributed by atoms with Gasteiger partial charge in [-0.25, -0.2) is 0 Å². The Hall–Kier alpha value is -0.530. The van der Waals surface area contributed by atoms with Crippen molar-refractivity contribution in [2.45, 2.75) is 54.9 Å². The molecule has 0 atom stereocenters. The summed E-state index contributed by atoms with van der Waals surface area (Å²) in [5, 5.41) is 0. The van der Waals surface area contributed by atoms with E-state index in [1.54, 1.807) is 6.92 Å². The smallest absolute Gasteiger partial charge is 0.219 e. The van der Waals surface area contributed by atoms with Gasteiger partial charge in [0.15, 0.2) is 0 Å². The Morgan fingerprint density at radius 3 is 1.87 bits per heavy atom. The van der Waals surface area contributed by atoms with Crippen molar-refractivity contribution in [3.8, 4) is 0 Å². The van der Waals surface area contributed by atoms with Crippen LogP contribution in [0.5, 0.6) is 0 Å². The molecule has 0 saturated carbocycles. The van der Waals surface area contributed by atoms with Crippen molar-refractivity contribution in [3.63, 3.8) is 0 Å². The molecule has 1 saturated heterocycles. The van der Waals surface area contributed by atoms with E-state index in [9.17, 15) is 4.79 Å². The second kappa shape index (κ2) is 5.00. The second-order valence-electron chi connectivity index (χ2n) is 5.26. The molecule has 0 aromatic rings. The maximum Gasteiger partial charge on any atom is 0.219 e. The Bertz CT molecular complexity index is 209. The Kier molecular flexibility index (Phi) is 4.82. The summed E-state index contributed by atoms with van der Waals surface area (Å²) in [7, 11) is 0. The van der Waals surface area contributed by atoms with Crippen LogP contribution in [-0.4, -0.2) is 23.9 Å². The molecule has 0 unspecified atom stereocenters. The van der Waals surface area contributed by atoms with Gasteiger partial charge in [-0.15, -0.1) is 0 Å². The first-order chi connectivity index (χ1) is 6.82. The average Bonchev–Trinajstić information content (AvgIpc) is 2.03. The van der Waals surface area contributed by atoms with Gasteiger partial charge in [0.05, 0.1) is 0 Å². The Balaban J connectivity index is 0.000000921. The molecule has 0 radical (unpaired) electrons. The lowest BCUT2D eigenvalue weighted by Crippen LogP contribution is -2.63. The highest BCUT2D eigenvalue weighted by atomic mass is 16.2. The molecule has 0 aliphatic carbocycles. The van der Waals surface area contributed by atoms with E-state index in [1.807, 2.05) is 18.7 Å². The lowest BCUT2D eigenvalue weighted by atomic mass is 9.60. The first kappa shape index (κ1) is 14.5. The summed E-state index contributed by atoms with van der Waals surface area (Å²) in [4.78, 5) is 13.0. The third-order valence-electron chi connectivity index (χ3n) is 3.70. The van der Waals surface area contributed by atoms with Crippen molar-refractivity contribution in [1.82, 2.24) is 4.90 Å². The Labute approximate surface area is 95.0 Å². The molecule has 2 heteroatoms. The summed E-state index contributed by atoms with van der Waals surface area (Å²) in [5.74, 6) is 0.216. The fourth-order valence-electron chi connectivity index (χ4n) is 2.14. The van der Waals surface area contributed by atoms with Gasteiger partial charge in [0.1, 0.15) is 0 Å². The van der Waals surface area contributed by atoms with Crippen molar-refractivity contribution < 1.29 is 4.79 Å². The summed E-state index contributed by atoms with van der Waals surface area (Å²) < 4.78 is 0. The molecular weight excluding hydrogens is 186 g/mol. The van der Waals surface area contributed by atoms with E-state index in [0.717, 1.165) is 13.1 Å². The zero-order valence-corrected chi connectivity index (χ0v) is 11.5. The van der Waals surface area contributed by atoms with Crippen molar-refractivity contribution >= 4 is 5.91 Å². The van der Waals surface area contributed by atoms with Gasteiger partial charge in [-0.05, 0) is 11.8 Å². The average molecular weight is 213 g/mol. The highest BCUT2D eigenvalue weighted by Gasteiger charge is 2.50. The van der Waals surface area contributed by atoms with Crippen molar-refractivity contribution in [3.05, 3.63) is 0 Å². The van der Waals surface area contributed by atoms with E-state index in [2.05, 4.69) is 27.7 Å². The third kappa shape index (κ3) is 2.73. The van der Waals surface area contributed by atoms with E-state index < -0.39 is 0 Å². The molecule has 0 N–H and O–H groups in total. The van der Waals surface area contributed by atoms with Crippen LogP contribution in [0.2, 0.25) is 0 Å². The molecule has 1 fully saturated rings. The van der Waals surface area contributed by atoms with Gasteiger partial charge in [-0.2, -0.15) is 0 Å². The fraction of sp³-hybridized carbons (Fsp3) is 0.923. The van der Waals surface area contributed by atoms with E-state index in [0.29, 0.717) is 10.8 Å². The minimum Gasteiger partial charge on any atom is -0.342 e. The predicted octanol–water partition coefficient (Wildman–Crippen LogP) is 3.32. The largest absolute Gasteiger partial charge is 0.342 e. The fourth-order valence-corrected chi connectivity index (χ4v) is 2.14. The summed E-state index contributed by atoms with van der Waals surface area (Å²) in [6.45, 7) is 16.6. The lowest BCUT2D eigenvalue weighted by Gasteiger charge is -2.57. The molecule has 0 spiro atoms. The molecule has 2 nitrogen and oxygen atoms in total. The van der Waals surface area contributed by atoms with Crippen LogP contribution in [0.3, 0.4) is 0 Å². The van der Waals surface area contributed by atoms with Crippen molar-refractivity contribution in [2.75, 3.05) is 13.1 Å². The highest BCUT2D eigenvalue weighted by Crippen LogP contribution is 2.48. The summed E-state index contributed by atoms with van der Waals surface area (Å²) >= 11 is 0. The number of carbonyl (C=O) groups is 1. The molecule has 1 amide bonds. The van der Waals surface area contributed by atoms with Crippen LogP contribution in [0.4, 0.5) is 0 Å². The van der Waals surface area contributed by atoms with Crippen LogP contribution >= 0.6 is 0 Å². The van der Waals surface area contributed by atoms with E-state index in [4.69, 9.17) is 0 Å². The normalized spacial score (nSPS) is 18.7. The summed E-state index contributed by atoms with van der Waals surface area (Å²) in [6, 6.07) is 0. The molecule has 1 aliphatic rings. The number of hydrogen-bond acceptors (Lipinski definition) is 1. The minimum atomic E-state index is 0.216. The predicted molar refractivity (Wildman–Crippen MR) is 65.8 cm³/mol. The second-order valence-corrected chi connectivity index (χ2v) is 5.26. The molecule has 0 aromatic heterocycles. The Morgan fingerprint density at radius 2 is 1.67 bits per heavy atom. The third-order valence-corrected chi connectivity index (χ3v) is 3.70. The molecule has 0 bridgehead atoms. The van der Waals surface area contributed by atoms with E-state index in [1.165, 1.54) is 6.42 Å². The molecule has 0 aromatic carbocycles. The summed E-state index contributed by atoms with van der Waals surface area (Å²) in [6.07, 6.45) is 1.17. The van der Waals surface area contributed by atoms with Crippen LogP contribution in [0.1, 0.15) is 54.9 Å². The van der Waals surface area contributed by atoms with Crippen LogP contribution < -0.4 is 0 Å². The SMILES string of the molecule is CC.CCC1(C(C)(C)C)CN(C(C)=O)C1.